The Hall–Kier alpha value is -3.61. The molecule has 0 atom stereocenters. The second-order valence-corrected chi connectivity index (χ2v) is 7.70. The topological polar surface area (TPSA) is 79.3 Å². The number of hydrogen-bond donors (Lipinski definition) is 2. The predicted octanol–water partition coefficient (Wildman–Crippen LogP) is 3.02. The highest BCUT2D eigenvalue weighted by atomic mass is 16.2. The molecule has 1 aliphatic rings. The van der Waals surface area contributed by atoms with Gasteiger partial charge in [0, 0.05) is 43.6 Å². The molecule has 0 bridgehead atoms. The molecule has 1 fully saturated rings. The lowest BCUT2D eigenvalue weighted by Crippen LogP contribution is -2.49. The van der Waals surface area contributed by atoms with Crippen molar-refractivity contribution in [3.63, 3.8) is 0 Å². The molecule has 160 valence electrons. The Balaban J connectivity index is 1.17. The number of likely N-dealkylation sites (tertiary alicyclic amines) is 1. The number of benzene rings is 2. The summed E-state index contributed by atoms with van der Waals surface area (Å²) < 4.78 is 1.82. The first-order chi connectivity index (χ1) is 15.2. The van der Waals surface area contributed by atoms with Crippen LogP contribution in [0.5, 0.6) is 0 Å². The van der Waals surface area contributed by atoms with E-state index in [0.29, 0.717) is 25.2 Å². The van der Waals surface area contributed by atoms with Crippen molar-refractivity contribution < 1.29 is 9.59 Å². The fourth-order valence-corrected chi connectivity index (χ4v) is 3.75. The van der Waals surface area contributed by atoms with Gasteiger partial charge >= 0.3 is 6.03 Å². The van der Waals surface area contributed by atoms with E-state index in [-0.39, 0.29) is 18.0 Å². The highest BCUT2D eigenvalue weighted by Crippen LogP contribution is 2.12. The molecule has 2 N–H and O–H groups in total. The van der Waals surface area contributed by atoms with Gasteiger partial charge < -0.3 is 15.5 Å². The Labute approximate surface area is 182 Å². The van der Waals surface area contributed by atoms with Gasteiger partial charge in [-0.1, -0.05) is 30.3 Å². The molecule has 4 rings (SSSR count). The van der Waals surface area contributed by atoms with Crippen LogP contribution in [-0.4, -0.2) is 52.3 Å². The third kappa shape index (κ3) is 5.51. The minimum atomic E-state index is -0.0536. The van der Waals surface area contributed by atoms with Crippen molar-refractivity contribution >= 4 is 11.9 Å². The van der Waals surface area contributed by atoms with Crippen molar-refractivity contribution in [2.75, 3.05) is 19.6 Å². The number of hydrogen-bond acceptors (Lipinski definition) is 3. The summed E-state index contributed by atoms with van der Waals surface area (Å²) in [6, 6.07) is 19.3. The van der Waals surface area contributed by atoms with Crippen molar-refractivity contribution in [2.24, 2.45) is 0 Å². The number of piperidine rings is 1. The van der Waals surface area contributed by atoms with E-state index in [1.54, 1.807) is 6.20 Å². The van der Waals surface area contributed by atoms with E-state index in [4.69, 9.17) is 0 Å². The van der Waals surface area contributed by atoms with Crippen LogP contribution < -0.4 is 10.6 Å². The molecular weight excluding hydrogens is 390 g/mol. The quantitative estimate of drug-likeness (QED) is 0.647. The fraction of sp³-hybridized carbons (Fsp3) is 0.292. The maximum absolute atomic E-state index is 12.5. The van der Waals surface area contributed by atoms with E-state index in [0.717, 1.165) is 24.9 Å². The van der Waals surface area contributed by atoms with E-state index in [9.17, 15) is 9.59 Å². The minimum absolute atomic E-state index is 0.0407. The molecule has 0 aliphatic carbocycles. The molecule has 1 saturated heterocycles. The molecule has 1 aliphatic heterocycles. The minimum Gasteiger partial charge on any atom is -0.349 e. The van der Waals surface area contributed by atoms with Gasteiger partial charge in [-0.3, -0.25) is 4.79 Å². The summed E-state index contributed by atoms with van der Waals surface area (Å²) in [5, 5.41) is 10.3. The van der Waals surface area contributed by atoms with Gasteiger partial charge in [-0.05, 0) is 55.2 Å². The summed E-state index contributed by atoms with van der Waals surface area (Å²) in [6.45, 7) is 1.87. The lowest BCUT2D eigenvalue weighted by atomic mass is 10.0. The molecular formula is C24H27N5O2. The zero-order valence-electron chi connectivity index (χ0n) is 17.4. The summed E-state index contributed by atoms with van der Waals surface area (Å²) in [5.41, 5.74) is 2.85. The lowest BCUT2D eigenvalue weighted by Gasteiger charge is -2.32. The van der Waals surface area contributed by atoms with Gasteiger partial charge in [0.25, 0.3) is 5.91 Å². The highest BCUT2D eigenvalue weighted by Gasteiger charge is 2.23. The van der Waals surface area contributed by atoms with Crippen LogP contribution in [0.3, 0.4) is 0 Å². The van der Waals surface area contributed by atoms with Crippen LogP contribution >= 0.6 is 0 Å². The first-order valence-electron chi connectivity index (χ1n) is 10.7. The molecule has 3 aromatic rings. The van der Waals surface area contributed by atoms with Crippen LogP contribution in [0.15, 0.2) is 73.1 Å². The third-order valence-electron chi connectivity index (χ3n) is 5.55. The second kappa shape index (κ2) is 9.93. The van der Waals surface area contributed by atoms with Crippen LogP contribution in [-0.2, 0) is 6.42 Å². The monoisotopic (exact) mass is 417 g/mol. The largest absolute Gasteiger partial charge is 0.349 e. The zero-order chi connectivity index (χ0) is 21.5. The lowest BCUT2D eigenvalue weighted by molar-refractivity contribution is 0.0918. The van der Waals surface area contributed by atoms with Gasteiger partial charge in [-0.15, -0.1) is 0 Å². The van der Waals surface area contributed by atoms with Gasteiger partial charge in [-0.2, -0.15) is 5.10 Å². The Bertz CT molecular complexity index is 979. The summed E-state index contributed by atoms with van der Waals surface area (Å²) in [6.07, 6.45) is 5.96. The first kappa shape index (κ1) is 20.7. The number of rotatable bonds is 6. The van der Waals surface area contributed by atoms with Gasteiger partial charge in [0.15, 0.2) is 0 Å². The van der Waals surface area contributed by atoms with Crippen LogP contribution in [0.4, 0.5) is 4.79 Å². The molecule has 7 heteroatoms. The molecule has 2 aromatic carbocycles. The molecule has 0 saturated carbocycles. The second-order valence-electron chi connectivity index (χ2n) is 7.70. The van der Waals surface area contributed by atoms with Crippen molar-refractivity contribution in [1.29, 1.82) is 0 Å². The number of carbonyl (C=O) groups is 2. The SMILES string of the molecule is O=C(NC1CCN(C(=O)NCCc2ccc(-n3cccn3)cc2)CC1)c1ccccc1. The van der Waals surface area contributed by atoms with Gasteiger partial charge in [0.1, 0.15) is 0 Å². The number of nitrogens with zero attached hydrogens (tertiary/aromatic N) is 3. The molecule has 0 radical (unpaired) electrons. The summed E-state index contributed by atoms with van der Waals surface area (Å²) in [4.78, 5) is 26.6. The summed E-state index contributed by atoms with van der Waals surface area (Å²) in [7, 11) is 0. The van der Waals surface area contributed by atoms with Crippen molar-refractivity contribution in [1.82, 2.24) is 25.3 Å². The fourth-order valence-electron chi connectivity index (χ4n) is 3.75. The van der Waals surface area contributed by atoms with Crippen LogP contribution in [0, 0.1) is 0 Å². The Kier molecular flexibility index (Phi) is 6.62. The average Bonchev–Trinajstić information content (AvgIpc) is 3.35. The van der Waals surface area contributed by atoms with Gasteiger partial charge in [-0.25, -0.2) is 9.48 Å². The van der Waals surface area contributed by atoms with Crippen molar-refractivity contribution in [2.45, 2.75) is 25.3 Å². The maximum Gasteiger partial charge on any atom is 0.317 e. The highest BCUT2D eigenvalue weighted by molar-refractivity contribution is 5.94. The first-order valence-corrected chi connectivity index (χ1v) is 10.7. The van der Waals surface area contributed by atoms with Crippen LogP contribution in [0.1, 0.15) is 28.8 Å². The zero-order valence-corrected chi connectivity index (χ0v) is 17.4. The smallest absolute Gasteiger partial charge is 0.317 e. The summed E-state index contributed by atoms with van der Waals surface area (Å²) in [5.74, 6) is -0.0536. The molecule has 2 heterocycles. The van der Waals surface area contributed by atoms with E-state index >= 15 is 0 Å². The number of urea groups is 1. The van der Waals surface area contributed by atoms with Crippen LogP contribution in [0.25, 0.3) is 5.69 Å². The number of amides is 3. The summed E-state index contributed by atoms with van der Waals surface area (Å²) >= 11 is 0. The molecule has 3 amide bonds. The Morgan fingerprint density at radius 1 is 0.968 bits per heavy atom. The molecule has 0 unspecified atom stereocenters. The number of nitrogens with one attached hydrogen (secondary N) is 2. The number of carbonyl (C=O) groups excluding carboxylic acids is 2. The van der Waals surface area contributed by atoms with Gasteiger partial charge in [0.05, 0.1) is 5.69 Å². The van der Waals surface area contributed by atoms with Crippen LogP contribution in [0.2, 0.25) is 0 Å². The standard InChI is InChI=1S/C24H27N5O2/c30-23(20-5-2-1-3-6-20)27-21-12-17-28(18-13-21)24(31)25-15-11-19-7-9-22(10-8-19)29-16-4-14-26-29/h1-10,14,16,21H,11-13,15,17-18H2,(H,25,31)(H,27,30). The van der Waals surface area contributed by atoms with Crippen molar-refractivity contribution in [3.8, 4) is 5.69 Å². The maximum atomic E-state index is 12.5. The van der Waals surface area contributed by atoms with Crippen molar-refractivity contribution in [3.05, 3.63) is 84.2 Å². The Morgan fingerprint density at radius 3 is 2.39 bits per heavy atom. The molecule has 0 spiro atoms. The Morgan fingerprint density at radius 2 is 1.71 bits per heavy atom. The number of aromatic nitrogens is 2. The molecule has 7 nitrogen and oxygen atoms in total. The van der Waals surface area contributed by atoms with E-state index in [1.807, 2.05) is 64.3 Å². The van der Waals surface area contributed by atoms with Gasteiger partial charge in [0.2, 0.25) is 0 Å². The van der Waals surface area contributed by atoms with E-state index in [2.05, 4.69) is 27.9 Å². The van der Waals surface area contributed by atoms with E-state index < -0.39 is 0 Å². The molecule has 1 aromatic heterocycles. The average molecular weight is 418 g/mol. The molecule has 31 heavy (non-hydrogen) atoms. The third-order valence-corrected chi connectivity index (χ3v) is 5.55. The van der Waals surface area contributed by atoms with E-state index in [1.165, 1.54) is 5.56 Å². The normalized spacial score (nSPS) is 14.3. The predicted molar refractivity (Wildman–Crippen MR) is 119 cm³/mol.